The van der Waals surface area contributed by atoms with Gasteiger partial charge in [0.05, 0.1) is 17.6 Å². The number of rotatable bonds is 4. The molecule has 0 aliphatic carbocycles. The van der Waals surface area contributed by atoms with E-state index in [0.29, 0.717) is 12.2 Å². The molecule has 2 aromatic heterocycles. The first-order chi connectivity index (χ1) is 10.3. The molecule has 0 spiro atoms. The zero-order valence-electron chi connectivity index (χ0n) is 11.2. The highest BCUT2D eigenvalue weighted by molar-refractivity contribution is 7.07. The lowest BCUT2D eigenvalue weighted by atomic mass is 10.3. The molecule has 3 nitrogen and oxygen atoms in total. The van der Waals surface area contributed by atoms with E-state index < -0.39 is 0 Å². The largest absolute Gasteiger partial charge is 0.463 e. The van der Waals surface area contributed by atoms with Gasteiger partial charge in [0.1, 0.15) is 5.82 Å². The molecule has 0 fully saturated rings. The van der Waals surface area contributed by atoms with Gasteiger partial charge in [-0.15, -0.1) is 17.9 Å². The first kappa shape index (κ1) is 13.6. The Balaban J connectivity index is 2.10. The van der Waals surface area contributed by atoms with Crippen LogP contribution >= 0.6 is 11.3 Å². The van der Waals surface area contributed by atoms with Crippen molar-refractivity contribution in [2.24, 2.45) is 4.99 Å². The fourth-order valence-electron chi connectivity index (χ4n) is 1.97. The lowest BCUT2D eigenvalue weighted by Gasteiger charge is -2.03. The highest BCUT2D eigenvalue weighted by Crippen LogP contribution is 2.21. The molecule has 0 unspecified atom stereocenters. The molecule has 21 heavy (non-hydrogen) atoms. The van der Waals surface area contributed by atoms with E-state index in [1.807, 2.05) is 28.2 Å². The predicted molar refractivity (Wildman–Crippen MR) is 81.8 cm³/mol. The number of halogens is 1. The third kappa shape index (κ3) is 2.87. The zero-order chi connectivity index (χ0) is 14.7. The van der Waals surface area contributed by atoms with Gasteiger partial charge < -0.3 is 8.98 Å². The van der Waals surface area contributed by atoms with Crippen molar-refractivity contribution in [1.29, 1.82) is 0 Å². The van der Waals surface area contributed by atoms with Gasteiger partial charge in [0.25, 0.3) is 0 Å². The summed E-state index contributed by atoms with van der Waals surface area (Å²) in [7, 11) is 0. The van der Waals surface area contributed by atoms with Gasteiger partial charge in [0.15, 0.2) is 10.6 Å². The molecule has 0 atom stereocenters. The number of hydrogen-bond donors (Lipinski definition) is 0. The van der Waals surface area contributed by atoms with Crippen LogP contribution in [0.5, 0.6) is 0 Å². The van der Waals surface area contributed by atoms with E-state index in [0.717, 1.165) is 16.3 Å². The number of aromatic nitrogens is 1. The summed E-state index contributed by atoms with van der Waals surface area (Å²) in [4.78, 5) is 5.37. The Hall–Kier alpha value is -2.40. The summed E-state index contributed by atoms with van der Waals surface area (Å²) < 4.78 is 20.4. The average Bonchev–Trinajstić information content (AvgIpc) is 3.12. The molecule has 0 aliphatic heterocycles. The number of hydrogen-bond acceptors (Lipinski definition) is 3. The lowest BCUT2D eigenvalue weighted by molar-refractivity contribution is 0.574. The molecule has 0 amide bonds. The molecule has 3 rings (SSSR count). The monoisotopic (exact) mass is 300 g/mol. The van der Waals surface area contributed by atoms with Crippen LogP contribution in [0, 0.1) is 5.82 Å². The average molecular weight is 300 g/mol. The second-order valence-electron chi connectivity index (χ2n) is 4.37. The maximum Gasteiger partial charge on any atom is 0.190 e. The third-order valence-electron chi connectivity index (χ3n) is 2.93. The number of nitrogens with zero attached hydrogens (tertiary/aromatic N) is 2. The van der Waals surface area contributed by atoms with Crippen molar-refractivity contribution in [1.82, 2.24) is 4.57 Å². The van der Waals surface area contributed by atoms with Crippen LogP contribution in [0.2, 0.25) is 0 Å². The maximum atomic E-state index is 12.9. The third-order valence-corrected chi connectivity index (χ3v) is 3.80. The second-order valence-corrected chi connectivity index (χ2v) is 5.20. The van der Waals surface area contributed by atoms with E-state index in [1.165, 1.54) is 23.5 Å². The van der Waals surface area contributed by atoms with Gasteiger partial charge in [-0.25, -0.2) is 9.38 Å². The molecule has 0 N–H and O–H groups in total. The van der Waals surface area contributed by atoms with E-state index in [2.05, 4.69) is 11.6 Å². The minimum atomic E-state index is -0.268. The Morgan fingerprint density at radius 2 is 2.10 bits per heavy atom. The van der Waals surface area contributed by atoms with Crippen LogP contribution < -0.4 is 4.80 Å². The number of thiazole rings is 1. The molecule has 0 saturated heterocycles. The van der Waals surface area contributed by atoms with Gasteiger partial charge in [-0.2, -0.15) is 0 Å². The van der Waals surface area contributed by atoms with E-state index in [4.69, 9.17) is 4.42 Å². The van der Waals surface area contributed by atoms with Crippen LogP contribution in [0.3, 0.4) is 0 Å². The second kappa shape index (κ2) is 5.93. The summed E-state index contributed by atoms with van der Waals surface area (Å²) in [5.41, 5.74) is 1.66. The Kier molecular flexibility index (Phi) is 3.83. The first-order valence-electron chi connectivity index (χ1n) is 6.41. The summed E-state index contributed by atoms with van der Waals surface area (Å²) in [5.74, 6) is 0.518. The van der Waals surface area contributed by atoms with Crippen molar-refractivity contribution >= 4 is 17.0 Å². The predicted octanol–water partition coefficient (Wildman–Crippen LogP) is 4.37. The lowest BCUT2D eigenvalue weighted by Crippen LogP contribution is -2.14. The summed E-state index contributed by atoms with van der Waals surface area (Å²) in [6, 6.07) is 9.86. The van der Waals surface area contributed by atoms with Gasteiger partial charge >= 0.3 is 0 Å². The van der Waals surface area contributed by atoms with Gasteiger partial charge in [-0.1, -0.05) is 6.08 Å². The van der Waals surface area contributed by atoms with E-state index >= 15 is 0 Å². The SMILES string of the molecule is C=CCn1c(-c2ccco2)csc1=Nc1ccc(F)cc1. The molecule has 3 aromatic rings. The van der Waals surface area contributed by atoms with E-state index in [-0.39, 0.29) is 5.82 Å². The van der Waals surface area contributed by atoms with Crippen molar-refractivity contribution in [3.63, 3.8) is 0 Å². The molecular weight excluding hydrogens is 287 g/mol. The number of allylic oxidation sites excluding steroid dienone is 1. The topological polar surface area (TPSA) is 30.4 Å². The Morgan fingerprint density at radius 3 is 2.76 bits per heavy atom. The molecule has 0 aliphatic rings. The van der Waals surface area contributed by atoms with E-state index in [1.54, 1.807) is 18.4 Å². The summed E-state index contributed by atoms with van der Waals surface area (Å²) in [5, 5.41) is 1.99. The molecule has 2 heterocycles. The molecule has 0 radical (unpaired) electrons. The highest BCUT2D eigenvalue weighted by atomic mass is 32.1. The van der Waals surface area contributed by atoms with Crippen LogP contribution in [0.4, 0.5) is 10.1 Å². The van der Waals surface area contributed by atoms with Crippen LogP contribution in [-0.2, 0) is 6.54 Å². The van der Waals surface area contributed by atoms with Crippen molar-refractivity contribution < 1.29 is 8.81 Å². The fourth-order valence-corrected chi connectivity index (χ4v) is 2.89. The highest BCUT2D eigenvalue weighted by Gasteiger charge is 2.09. The normalized spacial score (nSPS) is 11.8. The Labute approximate surface area is 125 Å². The summed E-state index contributed by atoms with van der Waals surface area (Å²) in [6.45, 7) is 4.40. The van der Waals surface area contributed by atoms with Gasteiger partial charge in [0, 0.05) is 11.9 Å². The minimum absolute atomic E-state index is 0.268. The van der Waals surface area contributed by atoms with Crippen LogP contribution in [0.1, 0.15) is 0 Å². The van der Waals surface area contributed by atoms with Gasteiger partial charge in [-0.3, -0.25) is 0 Å². The van der Waals surface area contributed by atoms with Crippen molar-refractivity contribution in [2.45, 2.75) is 6.54 Å². The Bertz CT molecular complexity index is 798. The van der Waals surface area contributed by atoms with Crippen LogP contribution in [0.25, 0.3) is 11.5 Å². The number of furan rings is 1. The Morgan fingerprint density at radius 1 is 1.29 bits per heavy atom. The molecule has 0 saturated carbocycles. The van der Waals surface area contributed by atoms with Crippen molar-refractivity contribution in [2.75, 3.05) is 0 Å². The summed E-state index contributed by atoms with van der Waals surface area (Å²) in [6.07, 6.45) is 3.45. The molecular formula is C16H13FN2OS. The summed E-state index contributed by atoms with van der Waals surface area (Å²) >= 11 is 1.51. The quantitative estimate of drug-likeness (QED) is 0.658. The standard InChI is InChI=1S/C16H13FN2OS/c1-2-9-19-14(15-4-3-10-20-15)11-21-16(19)18-13-7-5-12(17)6-8-13/h2-8,10-11H,1,9H2. The van der Waals surface area contributed by atoms with E-state index in [9.17, 15) is 4.39 Å². The van der Waals surface area contributed by atoms with Crippen molar-refractivity contribution in [3.05, 3.63) is 71.3 Å². The smallest absolute Gasteiger partial charge is 0.190 e. The van der Waals surface area contributed by atoms with Crippen LogP contribution in [0.15, 0.2) is 70.1 Å². The maximum absolute atomic E-state index is 12.9. The van der Waals surface area contributed by atoms with Crippen LogP contribution in [-0.4, -0.2) is 4.57 Å². The van der Waals surface area contributed by atoms with Gasteiger partial charge in [-0.05, 0) is 36.4 Å². The molecule has 5 heteroatoms. The zero-order valence-corrected chi connectivity index (χ0v) is 12.0. The van der Waals surface area contributed by atoms with Gasteiger partial charge in [0.2, 0.25) is 0 Å². The molecule has 1 aromatic carbocycles. The van der Waals surface area contributed by atoms with Crippen molar-refractivity contribution in [3.8, 4) is 11.5 Å². The minimum Gasteiger partial charge on any atom is -0.463 e. The first-order valence-corrected chi connectivity index (χ1v) is 7.29. The molecule has 0 bridgehead atoms. The fraction of sp³-hybridized carbons (Fsp3) is 0.0625. The molecule has 106 valence electrons. The number of benzene rings is 1.